The lowest BCUT2D eigenvalue weighted by Crippen LogP contribution is -2.18. The molecule has 2 N–H and O–H groups in total. The van der Waals surface area contributed by atoms with Gasteiger partial charge in [-0.15, -0.1) is 0 Å². The second-order valence-corrected chi connectivity index (χ2v) is 9.89. The highest BCUT2D eigenvalue weighted by Gasteiger charge is 2.18. The quantitative estimate of drug-likeness (QED) is 0.0426. The first kappa shape index (κ1) is 35.2. The zero-order valence-corrected chi connectivity index (χ0v) is 26.9. The number of hydrogen-bond donors (Lipinski definition) is 2. The fraction of sp³-hybridized carbons (Fsp3) is 0.143. The van der Waals surface area contributed by atoms with Gasteiger partial charge in [-0.3, -0.25) is 19.7 Å². The lowest BCUT2D eigenvalue weighted by molar-refractivity contribution is -0.384. The summed E-state index contributed by atoms with van der Waals surface area (Å²) in [4.78, 5) is 48.7. The van der Waals surface area contributed by atoms with Crippen LogP contribution in [-0.4, -0.2) is 56.9 Å². The van der Waals surface area contributed by atoms with Gasteiger partial charge in [0.05, 0.1) is 39.1 Å². The monoisotopic (exact) mass is 668 g/mol. The Morgan fingerprint density at radius 2 is 1.53 bits per heavy atom. The summed E-state index contributed by atoms with van der Waals surface area (Å²) in [7, 11) is 4.35. The Morgan fingerprint density at radius 3 is 2.20 bits per heavy atom. The number of nitrogens with zero attached hydrogens (tertiary/aromatic N) is 2. The van der Waals surface area contributed by atoms with Crippen LogP contribution in [0.25, 0.3) is 6.08 Å². The molecule has 0 aliphatic rings. The van der Waals surface area contributed by atoms with Gasteiger partial charge in [0, 0.05) is 35.0 Å². The van der Waals surface area contributed by atoms with E-state index in [4.69, 9.17) is 23.7 Å². The van der Waals surface area contributed by atoms with Crippen molar-refractivity contribution in [3.8, 4) is 28.7 Å². The molecule has 0 radical (unpaired) electrons. The minimum Gasteiger partial charge on any atom is -0.493 e. The molecular weight excluding hydrogens is 636 g/mol. The molecule has 0 spiro atoms. The van der Waals surface area contributed by atoms with Gasteiger partial charge in [0.15, 0.2) is 23.0 Å². The summed E-state index contributed by atoms with van der Waals surface area (Å²) in [6, 6.07) is 19.8. The molecule has 49 heavy (non-hydrogen) atoms. The number of hydrogen-bond acceptors (Lipinski definition) is 11. The van der Waals surface area contributed by atoms with Gasteiger partial charge in [-0.1, -0.05) is 18.2 Å². The summed E-state index contributed by atoms with van der Waals surface area (Å²) in [5.41, 5.74) is 4.16. The van der Waals surface area contributed by atoms with E-state index in [1.54, 1.807) is 43.3 Å². The number of anilines is 1. The van der Waals surface area contributed by atoms with E-state index in [-0.39, 0.29) is 34.9 Å². The smallest absolute Gasteiger partial charge is 0.336 e. The van der Waals surface area contributed by atoms with Crippen molar-refractivity contribution >= 4 is 41.4 Å². The Hall–Kier alpha value is -6.70. The maximum absolute atomic E-state index is 13.0. The second-order valence-electron chi connectivity index (χ2n) is 9.89. The highest BCUT2D eigenvalue weighted by molar-refractivity contribution is 6.06. The average Bonchev–Trinajstić information content (AvgIpc) is 3.11. The molecule has 14 nitrogen and oxygen atoms in total. The van der Waals surface area contributed by atoms with Crippen LogP contribution in [0.1, 0.15) is 38.8 Å². The molecular formula is C35H32N4O10. The van der Waals surface area contributed by atoms with Crippen LogP contribution in [0, 0.1) is 10.1 Å². The van der Waals surface area contributed by atoms with Crippen LogP contribution in [0.5, 0.6) is 28.7 Å². The van der Waals surface area contributed by atoms with Crippen molar-refractivity contribution in [1.29, 1.82) is 0 Å². The number of benzene rings is 4. The molecule has 0 unspecified atom stereocenters. The summed E-state index contributed by atoms with van der Waals surface area (Å²) >= 11 is 0. The zero-order chi connectivity index (χ0) is 35.3. The van der Waals surface area contributed by atoms with Crippen molar-refractivity contribution in [2.75, 3.05) is 33.3 Å². The molecule has 0 saturated carbocycles. The number of non-ortho nitro benzene ring substituents is 1. The summed E-state index contributed by atoms with van der Waals surface area (Å²) in [5, 5.41) is 17.7. The molecule has 14 heteroatoms. The molecule has 0 fully saturated rings. The van der Waals surface area contributed by atoms with Crippen LogP contribution in [0.4, 0.5) is 11.4 Å². The van der Waals surface area contributed by atoms with Crippen molar-refractivity contribution in [3.05, 3.63) is 117 Å². The number of ether oxygens (including phenoxy) is 5. The standard InChI is InChI=1S/C35H32N4O10/c1-5-48-29-17-23(12-14-28(29)49-32(40)15-13-22-8-6-11-27(16-22)39(43)44)21-36-38-35(42)24-9-7-10-26(18-24)37-34(41)25-19-30(45-2)33(47-4)31(20-25)46-3/h6-21H,5H2,1-4H3,(H,37,41)(H,38,42)/b15-13+,36-21?. The van der Waals surface area contributed by atoms with Gasteiger partial charge in [0.25, 0.3) is 17.5 Å². The molecule has 4 rings (SSSR count). The summed E-state index contributed by atoms with van der Waals surface area (Å²) in [6.45, 7) is 2.04. The number of nitrogens with one attached hydrogen (secondary N) is 2. The van der Waals surface area contributed by atoms with Crippen LogP contribution in [0.2, 0.25) is 0 Å². The molecule has 0 aromatic heterocycles. The maximum Gasteiger partial charge on any atom is 0.336 e. The van der Waals surface area contributed by atoms with E-state index in [0.29, 0.717) is 34.1 Å². The number of hydrazone groups is 1. The van der Waals surface area contributed by atoms with Crippen molar-refractivity contribution in [1.82, 2.24) is 5.43 Å². The third-order valence-electron chi connectivity index (χ3n) is 6.66. The van der Waals surface area contributed by atoms with Crippen molar-refractivity contribution in [3.63, 3.8) is 0 Å². The van der Waals surface area contributed by atoms with Crippen LogP contribution in [0.15, 0.2) is 90.0 Å². The first-order valence-corrected chi connectivity index (χ1v) is 14.6. The molecule has 0 heterocycles. The minimum atomic E-state index is -0.719. The van der Waals surface area contributed by atoms with Crippen LogP contribution >= 0.6 is 0 Å². The number of methoxy groups -OCH3 is 3. The third kappa shape index (κ3) is 9.42. The molecule has 0 atom stereocenters. The molecule has 0 bridgehead atoms. The van der Waals surface area contributed by atoms with Gasteiger partial charge in [0.2, 0.25) is 5.75 Å². The molecule has 0 saturated heterocycles. The minimum absolute atomic E-state index is 0.103. The second kappa shape index (κ2) is 16.7. The summed E-state index contributed by atoms with van der Waals surface area (Å²) in [6.07, 6.45) is 3.93. The number of rotatable bonds is 14. The molecule has 0 aliphatic carbocycles. The number of nitro benzene ring substituents is 1. The van der Waals surface area contributed by atoms with E-state index >= 15 is 0 Å². The van der Waals surface area contributed by atoms with E-state index in [0.717, 1.165) is 6.08 Å². The van der Waals surface area contributed by atoms with E-state index in [1.165, 1.54) is 76.1 Å². The first-order chi connectivity index (χ1) is 23.6. The maximum atomic E-state index is 13.0. The van der Waals surface area contributed by atoms with Crippen molar-refractivity contribution < 1.29 is 43.0 Å². The van der Waals surface area contributed by atoms with Crippen molar-refractivity contribution in [2.45, 2.75) is 6.92 Å². The number of nitro groups is 1. The van der Waals surface area contributed by atoms with Crippen LogP contribution in [-0.2, 0) is 4.79 Å². The number of carbonyl (C=O) groups is 3. The normalized spacial score (nSPS) is 10.8. The summed E-state index contributed by atoms with van der Waals surface area (Å²) < 4.78 is 26.9. The predicted octanol–water partition coefficient (Wildman–Crippen LogP) is 5.65. The molecule has 2 amide bonds. The van der Waals surface area contributed by atoms with Gasteiger partial charge in [-0.2, -0.15) is 5.10 Å². The third-order valence-corrected chi connectivity index (χ3v) is 6.66. The van der Waals surface area contributed by atoms with Crippen LogP contribution in [0.3, 0.4) is 0 Å². The SMILES string of the molecule is CCOc1cc(C=NNC(=O)c2cccc(NC(=O)c3cc(OC)c(OC)c(OC)c3)c2)ccc1OC(=O)/C=C/c1cccc([N+](=O)[O-])c1. The van der Waals surface area contributed by atoms with E-state index in [2.05, 4.69) is 15.8 Å². The largest absolute Gasteiger partial charge is 0.493 e. The van der Waals surface area contributed by atoms with Gasteiger partial charge in [0.1, 0.15) is 0 Å². The number of carbonyl (C=O) groups excluding carboxylic acids is 3. The van der Waals surface area contributed by atoms with Gasteiger partial charge in [-0.05, 0) is 72.7 Å². The molecule has 4 aromatic carbocycles. The van der Waals surface area contributed by atoms with E-state index < -0.39 is 22.7 Å². The van der Waals surface area contributed by atoms with Crippen molar-refractivity contribution in [2.24, 2.45) is 5.10 Å². The Bertz CT molecular complexity index is 1900. The lowest BCUT2D eigenvalue weighted by Gasteiger charge is -2.14. The van der Waals surface area contributed by atoms with E-state index in [9.17, 15) is 24.5 Å². The number of esters is 1. The Morgan fingerprint density at radius 1 is 0.796 bits per heavy atom. The average molecular weight is 669 g/mol. The zero-order valence-electron chi connectivity index (χ0n) is 26.9. The Kier molecular flexibility index (Phi) is 12.0. The molecule has 0 aliphatic heterocycles. The summed E-state index contributed by atoms with van der Waals surface area (Å²) in [5.74, 6) is -0.349. The predicted molar refractivity (Wildman–Crippen MR) is 181 cm³/mol. The van der Waals surface area contributed by atoms with Gasteiger partial charge in [-0.25, -0.2) is 10.2 Å². The van der Waals surface area contributed by atoms with Gasteiger partial charge >= 0.3 is 5.97 Å². The van der Waals surface area contributed by atoms with Gasteiger partial charge < -0.3 is 29.0 Å². The fourth-order valence-corrected chi connectivity index (χ4v) is 4.39. The fourth-order valence-electron chi connectivity index (χ4n) is 4.39. The molecule has 252 valence electrons. The molecule has 4 aromatic rings. The van der Waals surface area contributed by atoms with Crippen LogP contribution < -0.4 is 34.4 Å². The lowest BCUT2D eigenvalue weighted by atomic mass is 10.1. The van der Waals surface area contributed by atoms with E-state index in [1.807, 2.05) is 0 Å². The Labute approximate surface area is 281 Å². The highest BCUT2D eigenvalue weighted by Crippen LogP contribution is 2.38. The first-order valence-electron chi connectivity index (χ1n) is 14.6. The Balaban J connectivity index is 1.39. The topological polar surface area (TPSA) is 177 Å². The highest BCUT2D eigenvalue weighted by atomic mass is 16.6. The number of amides is 2.